The van der Waals surface area contributed by atoms with Crippen LogP contribution in [0.3, 0.4) is 0 Å². The molecule has 0 saturated carbocycles. The van der Waals surface area contributed by atoms with Gasteiger partial charge in [-0.25, -0.2) is 0 Å². The Bertz CT molecular complexity index is 3210. The Morgan fingerprint density at radius 2 is 0.381 bits per heavy atom. The van der Waals surface area contributed by atoms with E-state index in [1.54, 1.807) is 0 Å². The van der Waals surface area contributed by atoms with Gasteiger partial charge in [-0.15, -0.1) is 0 Å². The number of hydrogen-bond donors (Lipinski definition) is 0. The van der Waals surface area contributed by atoms with Crippen LogP contribution in [0.15, 0.2) is 175 Å². The fourth-order valence-electron chi connectivity index (χ4n) is 9.73. The fourth-order valence-corrected chi connectivity index (χ4v) is 17.1. The molecule has 0 heterocycles. The van der Waals surface area contributed by atoms with Gasteiger partial charge in [0.05, 0.1) is 0 Å². The van der Waals surface area contributed by atoms with Crippen LogP contribution in [0.2, 0.25) is 0 Å². The Hall–Kier alpha value is -4.78. The maximum absolute atomic E-state index is 10.7. The average Bonchev–Trinajstić information content (AvgIpc) is 2.75. The predicted molar refractivity (Wildman–Crippen MR) is 309 cm³/mol. The van der Waals surface area contributed by atoms with Crippen molar-refractivity contribution in [3.8, 4) is 22.3 Å². The van der Waals surface area contributed by atoms with E-state index in [4.69, 9.17) is 0 Å². The van der Waals surface area contributed by atoms with Crippen LogP contribution in [0.5, 0.6) is 0 Å². The van der Waals surface area contributed by atoms with Gasteiger partial charge in [-0.3, -0.25) is 0 Å². The first-order chi connectivity index (χ1) is 37.5. The topological polar surface area (TPSA) is 0 Å². The van der Waals surface area contributed by atoms with Crippen molar-refractivity contribution < 1.29 is 96.7 Å². The van der Waals surface area contributed by atoms with Gasteiger partial charge in [-0.05, 0) is 202 Å². The molecule has 0 unspecified atom stereocenters. The molecule has 8 aromatic rings. The zero-order chi connectivity index (χ0) is 63.9. The minimum atomic E-state index is -10.7. The summed E-state index contributed by atoms with van der Waals surface area (Å²) in [6.45, 7) is 27.1. The molecule has 0 spiro atoms. The summed E-state index contributed by atoms with van der Waals surface area (Å²) in [6.07, 6.45) is 0. The van der Waals surface area contributed by atoms with Crippen molar-refractivity contribution in [3.63, 3.8) is 0 Å². The molecular formula is C60H60F18IP3S2. The Kier molecular flexibility index (Phi) is 18.9. The van der Waals surface area contributed by atoms with E-state index in [1.807, 2.05) is 0 Å². The van der Waals surface area contributed by atoms with Crippen LogP contribution < -0.4 is 21.2 Å². The number of hydrogen-bond acceptors (Lipinski definition) is 0. The quantitative estimate of drug-likeness (QED) is 0.0554. The maximum atomic E-state index is 9.87. The van der Waals surface area contributed by atoms with Crippen molar-refractivity contribution in [2.75, 3.05) is 0 Å². The van der Waals surface area contributed by atoms with Crippen LogP contribution in [0.1, 0.15) is 66.8 Å². The molecule has 0 aromatic heterocycles. The molecule has 0 atom stereocenters. The summed E-state index contributed by atoms with van der Waals surface area (Å²) in [5, 5.41) is 0. The van der Waals surface area contributed by atoms with E-state index >= 15 is 0 Å². The molecule has 0 N–H and O–H groups in total. The van der Waals surface area contributed by atoms with Crippen LogP contribution in [-0.4, -0.2) is 0 Å². The number of rotatable bonds is 10. The van der Waals surface area contributed by atoms with Crippen molar-refractivity contribution >= 4 is 45.2 Å². The first-order valence-corrected chi connectivity index (χ1v) is 35.7. The zero-order valence-corrected chi connectivity index (χ0v) is 53.7. The summed E-state index contributed by atoms with van der Waals surface area (Å²) in [6, 6.07) is 56.3. The van der Waals surface area contributed by atoms with Crippen molar-refractivity contribution in [2.24, 2.45) is 0 Å². The summed E-state index contributed by atoms with van der Waals surface area (Å²) in [7, 11) is -32.4. The Morgan fingerprint density at radius 1 is 0.238 bits per heavy atom. The Morgan fingerprint density at radius 3 is 0.536 bits per heavy atom. The summed E-state index contributed by atoms with van der Waals surface area (Å²) < 4.78 is 180. The molecule has 0 saturated heterocycles. The molecule has 0 aliphatic carbocycles. The van der Waals surface area contributed by atoms with Crippen molar-refractivity contribution in [3.05, 3.63) is 219 Å². The summed E-state index contributed by atoms with van der Waals surface area (Å²) in [5.41, 5.74) is 21.3. The van der Waals surface area contributed by atoms with Gasteiger partial charge >= 0.3 is 120 Å². The minimum absolute atomic E-state index is 0.201. The Balaban J connectivity index is 0.000000523. The van der Waals surface area contributed by atoms with Crippen LogP contribution in [0.25, 0.3) is 22.3 Å². The molecule has 0 aliphatic rings. The van der Waals surface area contributed by atoms with Gasteiger partial charge in [-0.2, -0.15) is 0 Å². The standard InChI is InChI=1S/C60H60IS2.3F6P/c1-37-29-41(5)57(42(6)30-37)62(58-43(7)31-38(2)32-44(58)8)55-25-17-51(18-26-55)49-13-21-53(22-14-49)61-54-23-15-50(16-24-54)52-19-27-56(28-20-52)63(59-45(9)33-39(3)34-46(59)10)60-47(11)35-40(4)36-48(60)12;3*1-7(2,3,4,5)6/h13-36H,1-12H3;;;/q+3;3*-1. The van der Waals surface area contributed by atoms with E-state index in [9.17, 15) is 75.5 Å². The third-order valence-corrected chi connectivity index (χ3v) is 20.4. The second-order valence-corrected chi connectivity index (χ2v) is 33.1. The van der Waals surface area contributed by atoms with Crippen LogP contribution in [0, 0.1) is 90.2 Å². The molecule has 0 aliphatic heterocycles. The normalized spacial score (nSPS) is 14.4. The SMILES string of the molecule is Cc1cc(C)c([S+](c2ccc(-c3ccc([I+]c4ccc(-c5ccc([S+](c6c(C)cc(C)cc6C)c6c(C)cc(C)cc6C)cc5)cc4)cc3)cc2)c2c(C)cc(C)cc2C)c(C)c1.F[P-](F)(F)(F)(F)F.F[P-](F)(F)(F)(F)F.F[P-](F)(F)(F)(F)F. The van der Waals surface area contributed by atoms with Crippen LogP contribution in [-0.2, 0) is 21.8 Å². The van der Waals surface area contributed by atoms with Crippen LogP contribution in [0.4, 0.5) is 75.5 Å². The van der Waals surface area contributed by atoms with Gasteiger partial charge in [-0.1, -0.05) is 70.8 Å². The second-order valence-electron chi connectivity index (χ2n) is 20.6. The van der Waals surface area contributed by atoms with Gasteiger partial charge in [0.15, 0.2) is 36.5 Å². The zero-order valence-electron chi connectivity index (χ0n) is 47.2. The van der Waals surface area contributed by atoms with Crippen molar-refractivity contribution in [1.29, 1.82) is 0 Å². The van der Waals surface area contributed by atoms with E-state index in [0.717, 1.165) is 0 Å². The molecule has 0 radical (unpaired) electrons. The number of aryl methyl sites for hydroxylation is 12. The molecule has 8 rings (SSSR count). The first-order valence-electron chi connectivity index (χ1n) is 25.0. The number of benzene rings is 8. The van der Waals surface area contributed by atoms with Gasteiger partial charge in [0.25, 0.3) is 0 Å². The molecule has 8 aromatic carbocycles. The number of halogens is 19. The van der Waals surface area contributed by atoms with Crippen LogP contribution >= 0.6 is 23.4 Å². The van der Waals surface area contributed by atoms with E-state index in [2.05, 4.69) is 229 Å². The molecular weight excluding hydrogens is 1350 g/mol. The van der Waals surface area contributed by atoms with E-state index < -0.39 is 23.4 Å². The molecule has 24 heteroatoms. The monoisotopic (exact) mass is 1410 g/mol. The van der Waals surface area contributed by atoms with Crippen molar-refractivity contribution in [2.45, 2.75) is 112 Å². The van der Waals surface area contributed by atoms with Gasteiger partial charge in [0.2, 0.25) is 0 Å². The van der Waals surface area contributed by atoms with Gasteiger partial charge in [0.1, 0.15) is 21.8 Å². The molecule has 0 fully saturated rings. The second kappa shape index (κ2) is 22.7. The van der Waals surface area contributed by atoms with E-state index in [1.165, 1.54) is 126 Å². The third kappa shape index (κ3) is 24.5. The van der Waals surface area contributed by atoms with Crippen molar-refractivity contribution in [1.82, 2.24) is 0 Å². The van der Waals surface area contributed by atoms with E-state index in [0.29, 0.717) is 0 Å². The molecule has 460 valence electrons. The predicted octanol–water partition coefficient (Wildman–Crippen LogP) is 23.2. The third-order valence-electron chi connectivity index (χ3n) is 12.0. The molecule has 0 amide bonds. The Labute approximate surface area is 493 Å². The first kappa shape index (κ1) is 70.0. The van der Waals surface area contributed by atoms with Gasteiger partial charge < -0.3 is 0 Å². The van der Waals surface area contributed by atoms with Gasteiger partial charge in [0, 0.05) is 44.5 Å². The average molecular weight is 1410 g/mol. The fraction of sp³-hybridized carbons (Fsp3) is 0.200. The summed E-state index contributed by atoms with van der Waals surface area (Å²) in [5.74, 6) is 0. The molecule has 84 heavy (non-hydrogen) atoms. The summed E-state index contributed by atoms with van der Waals surface area (Å²) in [4.78, 5) is 8.57. The molecule has 0 bridgehead atoms. The summed E-state index contributed by atoms with van der Waals surface area (Å²) >= 11 is -0.304. The van der Waals surface area contributed by atoms with E-state index in [-0.39, 0.29) is 43.0 Å². The molecule has 0 nitrogen and oxygen atoms in total.